The molecule has 3 nitrogen and oxygen atoms in total. The average molecular weight is 291 g/mol. The second-order valence-corrected chi connectivity index (χ2v) is 5.36. The van der Waals surface area contributed by atoms with Crippen LogP contribution in [-0.4, -0.2) is 11.1 Å². The molecule has 0 saturated carbocycles. The largest absolute Gasteiger partial charge is 0.491 e. The molecule has 1 aromatic heterocycles. The number of benzene rings is 1. The van der Waals surface area contributed by atoms with Crippen LogP contribution >= 0.6 is 11.6 Å². The van der Waals surface area contributed by atoms with Gasteiger partial charge in [-0.25, -0.2) is 4.98 Å². The van der Waals surface area contributed by atoms with Crippen molar-refractivity contribution in [3.63, 3.8) is 0 Å². The molecule has 0 bridgehead atoms. The highest BCUT2D eigenvalue weighted by Crippen LogP contribution is 2.24. The number of nitrogens with zero attached hydrogens (tertiary/aromatic N) is 1. The third kappa shape index (κ3) is 4.14. The van der Waals surface area contributed by atoms with E-state index in [2.05, 4.69) is 29.4 Å². The summed E-state index contributed by atoms with van der Waals surface area (Å²) in [5.41, 5.74) is 2.11. The van der Waals surface area contributed by atoms with E-state index in [1.807, 2.05) is 38.1 Å². The summed E-state index contributed by atoms with van der Waals surface area (Å²) >= 11 is 5.89. The zero-order valence-electron chi connectivity index (χ0n) is 11.9. The molecule has 1 aromatic carbocycles. The predicted octanol–water partition coefficient (Wildman–Crippen LogP) is 4.70. The van der Waals surface area contributed by atoms with Crippen molar-refractivity contribution in [2.24, 2.45) is 0 Å². The SMILES string of the molecule is CC(C)Oc1cccc(C(C)Nc2ccnc(Cl)c2)c1. The molecule has 0 aliphatic rings. The molecule has 106 valence electrons. The first kappa shape index (κ1) is 14.7. The van der Waals surface area contributed by atoms with Crippen LogP contribution in [0.25, 0.3) is 0 Å². The summed E-state index contributed by atoms with van der Waals surface area (Å²) < 4.78 is 5.72. The third-order valence-electron chi connectivity index (χ3n) is 2.84. The molecule has 0 aliphatic heterocycles. The molecule has 1 heterocycles. The van der Waals surface area contributed by atoms with E-state index >= 15 is 0 Å². The monoisotopic (exact) mass is 290 g/mol. The fraction of sp³-hybridized carbons (Fsp3) is 0.312. The molecule has 0 spiro atoms. The minimum absolute atomic E-state index is 0.157. The fourth-order valence-electron chi connectivity index (χ4n) is 1.95. The molecule has 20 heavy (non-hydrogen) atoms. The lowest BCUT2D eigenvalue weighted by molar-refractivity contribution is 0.242. The van der Waals surface area contributed by atoms with Crippen LogP contribution in [0.5, 0.6) is 5.75 Å². The number of hydrogen-bond donors (Lipinski definition) is 1. The number of halogens is 1. The van der Waals surface area contributed by atoms with Crippen molar-refractivity contribution < 1.29 is 4.74 Å². The Morgan fingerprint density at radius 1 is 1.15 bits per heavy atom. The van der Waals surface area contributed by atoms with Crippen molar-refractivity contribution >= 4 is 17.3 Å². The third-order valence-corrected chi connectivity index (χ3v) is 3.05. The number of nitrogens with one attached hydrogen (secondary N) is 1. The molecular weight excluding hydrogens is 272 g/mol. The van der Waals surface area contributed by atoms with Gasteiger partial charge in [0.1, 0.15) is 10.9 Å². The van der Waals surface area contributed by atoms with Gasteiger partial charge in [-0.1, -0.05) is 23.7 Å². The Labute approximate surface area is 124 Å². The molecule has 1 unspecified atom stereocenters. The van der Waals surface area contributed by atoms with Crippen molar-refractivity contribution in [1.82, 2.24) is 4.98 Å². The number of aromatic nitrogens is 1. The lowest BCUT2D eigenvalue weighted by Crippen LogP contribution is -2.09. The predicted molar refractivity (Wildman–Crippen MR) is 83.5 cm³/mol. The van der Waals surface area contributed by atoms with Crippen molar-refractivity contribution in [1.29, 1.82) is 0 Å². The maximum atomic E-state index is 5.89. The minimum atomic E-state index is 0.157. The maximum absolute atomic E-state index is 5.89. The quantitative estimate of drug-likeness (QED) is 0.811. The van der Waals surface area contributed by atoms with Gasteiger partial charge in [-0.2, -0.15) is 0 Å². The highest BCUT2D eigenvalue weighted by Gasteiger charge is 2.07. The fourth-order valence-corrected chi connectivity index (χ4v) is 2.13. The van der Waals surface area contributed by atoms with Gasteiger partial charge < -0.3 is 10.1 Å². The van der Waals surface area contributed by atoms with Gasteiger partial charge in [0.2, 0.25) is 0 Å². The van der Waals surface area contributed by atoms with Crippen molar-refractivity contribution in [2.75, 3.05) is 5.32 Å². The molecule has 0 saturated heterocycles. The van der Waals surface area contributed by atoms with Crippen molar-refractivity contribution in [2.45, 2.75) is 32.9 Å². The van der Waals surface area contributed by atoms with E-state index in [-0.39, 0.29) is 12.1 Å². The smallest absolute Gasteiger partial charge is 0.131 e. The van der Waals surface area contributed by atoms with Crippen LogP contribution in [0.2, 0.25) is 5.15 Å². The summed E-state index contributed by atoms with van der Waals surface area (Å²) in [4.78, 5) is 3.97. The van der Waals surface area contributed by atoms with E-state index in [0.717, 1.165) is 17.0 Å². The van der Waals surface area contributed by atoms with E-state index in [9.17, 15) is 0 Å². The number of anilines is 1. The second-order valence-electron chi connectivity index (χ2n) is 4.97. The van der Waals surface area contributed by atoms with Crippen molar-refractivity contribution in [3.8, 4) is 5.75 Å². The van der Waals surface area contributed by atoms with Gasteiger partial charge in [-0.3, -0.25) is 0 Å². The Bertz CT molecular complexity index is 572. The lowest BCUT2D eigenvalue weighted by atomic mass is 10.1. The molecule has 2 aromatic rings. The zero-order chi connectivity index (χ0) is 14.5. The van der Waals surface area contributed by atoms with Crippen LogP contribution < -0.4 is 10.1 Å². The maximum Gasteiger partial charge on any atom is 0.131 e. The van der Waals surface area contributed by atoms with Gasteiger partial charge in [-0.05, 0) is 50.6 Å². The topological polar surface area (TPSA) is 34.1 Å². The Kier molecular flexibility index (Phi) is 4.85. The molecule has 0 amide bonds. The minimum Gasteiger partial charge on any atom is -0.491 e. The summed E-state index contributed by atoms with van der Waals surface area (Å²) in [7, 11) is 0. The van der Waals surface area contributed by atoms with Gasteiger partial charge in [0.05, 0.1) is 6.10 Å². The van der Waals surface area contributed by atoms with Crippen LogP contribution in [0.1, 0.15) is 32.4 Å². The Balaban J connectivity index is 2.10. The molecular formula is C16H19ClN2O. The van der Waals surface area contributed by atoms with Gasteiger partial charge in [-0.15, -0.1) is 0 Å². The molecule has 0 aliphatic carbocycles. The van der Waals surface area contributed by atoms with E-state index in [0.29, 0.717) is 5.15 Å². The van der Waals surface area contributed by atoms with Crippen LogP contribution in [-0.2, 0) is 0 Å². The van der Waals surface area contributed by atoms with Gasteiger partial charge in [0, 0.05) is 17.9 Å². The lowest BCUT2D eigenvalue weighted by Gasteiger charge is -2.17. The van der Waals surface area contributed by atoms with Gasteiger partial charge in [0.15, 0.2) is 0 Å². The van der Waals surface area contributed by atoms with E-state index in [1.54, 1.807) is 6.20 Å². The summed E-state index contributed by atoms with van der Waals surface area (Å²) in [6.45, 7) is 6.14. The number of hydrogen-bond acceptors (Lipinski definition) is 3. The van der Waals surface area contributed by atoms with Crippen molar-refractivity contribution in [3.05, 3.63) is 53.3 Å². The standard InChI is InChI=1S/C16H19ClN2O/c1-11(2)20-15-6-4-5-13(9-15)12(3)19-14-7-8-18-16(17)10-14/h4-12H,1-3H3,(H,18,19). The van der Waals surface area contributed by atoms with Crippen LogP contribution in [0.15, 0.2) is 42.6 Å². The number of ether oxygens (including phenoxy) is 1. The van der Waals surface area contributed by atoms with E-state index < -0.39 is 0 Å². The molecule has 0 fully saturated rings. The summed E-state index contributed by atoms with van der Waals surface area (Å²) in [5.74, 6) is 0.888. The molecule has 2 rings (SSSR count). The highest BCUT2D eigenvalue weighted by molar-refractivity contribution is 6.29. The normalized spacial score (nSPS) is 12.2. The molecule has 0 radical (unpaired) electrons. The van der Waals surface area contributed by atoms with Gasteiger partial charge >= 0.3 is 0 Å². The molecule has 1 N–H and O–H groups in total. The summed E-state index contributed by atoms with van der Waals surface area (Å²) in [6.07, 6.45) is 1.86. The first-order valence-electron chi connectivity index (χ1n) is 6.69. The van der Waals surface area contributed by atoms with Gasteiger partial charge in [0.25, 0.3) is 0 Å². The van der Waals surface area contributed by atoms with Crippen LogP contribution in [0.4, 0.5) is 5.69 Å². The van der Waals surface area contributed by atoms with E-state index in [4.69, 9.17) is 16.3 Å². The molecule has 1 atom stereocenters. The second kappa shape index (κ2) is 6.62. The van der Waals surface area contributed by atoms with Crippen LogP contribution in [0.3, 0.4) is 0 Å². The number of pyridine rings is 1. The summed E-state index contributed by atoms with van der Waals surface area (Å²) in [6, 6.07) is 12.0. The first-order valence-corrected chi connectivity index (χ1v) is 7.07. The Morgan fingerprint density at radius 3 is 2.65 bits per heavy atom. The Hall–Kier alpha value is -1.74. The van der Waals surface area contributed by atoms with E-state index in [1.165, 1.54) is 0 Å². The van der Waals surface area contributed by atoms with Crippen LogP contribution in [0, 0.1) is 0 Å². The zero-order valence-corrected chi connectivity index (χ0v) is 12.7. The first-order chi connectivity index (χ1) is 9.54. The summed E-state index contributed by atoms with van der Waals surface area (Å²) in [5, 5.41) is 3.88. The number of rotatable bonds is 5. The molecule has 4 heteroatoms. The average Bonchev–Trinajstić information content (AvgIpc) is 2.38. The highest BCUT2D eigenvalue weighted by atomic mass is 35.5. The Morgan fingerprint density at radius 2 is 1.95 bits per heavy atom.